The Hall–Kier alpha value is -3.77. The molecule has 0 heterocycles. The van der Waals surface area contributed by atoms with Crippen LogP contribution in [0.25, 0.3) is 0 Å². The first-order valence-corrected chi connectivity index (χ1v) is 11.3. The van der Waals surface area contributed by atoms with Gasteiger partial charge in [0.25, 0.3) is 0 Å². The monoisotopic (exact) mass is 504 g/mol. The Morgan fingerprint density at radius 1 is 0.743 bits per heavy atom. The highest BCUT2D eigenvalue weighted by molar-refractivity contribution is 7.80. The number of aliphatic carboxylic acids is 1. The molecule has 8 N–H and O–H groups in total. The molecule has 3 unspecified atom stereocenters. The van der Waals surface area contributed by atoms with E-state index in [0.717, 1.165) is 0 Å². The van der Waals surface area contributed by atoms with Crippen molar-refractivity contribution >= 4 is 36.3 Å². The van der Waals surface area contributed by atoms with Crippen molar-refractivity contribution in [3.8, 4) is 11.5 Å². The standard InChI is InChI=1S/C23H28N4O7S/c24-11-20(30)25-17(9-13-1-5-15(28)6-2-13)21(31)26-18(10-14-3-7-16(29)8-4-14)22(32)27-19(12-35)23(33)34/h1-8,17-19,28-29,35H,9-12,24H2,(H,25,30)(H,26,31)(H,27,32)(H,33,34). The van der Waals surface area contributed by atoms with Gasteiger partial charge in [0.1, 0.15) is 29.6 Å². The number of benzene rings is 2. The van der Waals surface area contributed by atoms with Crippen molar-refractivity contribution in [2.75, 3.05) is 12.3 Å². The van der Waals surface area contributed by atoms with Gasteiger partial charge in [-0.1, -0.05) is 24.3 Å². The minimum atomic E-state index is -1.29. The molecule has 0 aromatic heterocycles. The molecule has 2 rings (SSSR count). The van der Waals surface area contributed by atoms with E-state index in [-0.39, 0.29) is 36.6 Å². The number of thiol groups is 1. The highest BCUT2D eigenvalue weighted by Gasteiger charge is 2.29. The average molecular weight is 505 g/mol. The summed E-state index contributed by atoms with van der Waals surface area (Å²) in [4.78, 5) is 49.3. The van der Waals surface area contributed by atoms with Gasteiger partial charge >= 0.3 is 5.97 Å². The number of hydrogen-bond donors (Lipinski definition) is 8. The van der Waals surface area contributed by atoms with Crippen LogP contribution in [0.5, 0.6) is 11.5 Å². The van der Waals surface area contributed by atoms with E-state index in [4.69, 9.17) is 5.73 Å². The molecule has 12 heteroatoms. The van der Waals surface area contributed by atoms with Gasteiger partial charge in [0.2, 0.25) is 17.7 Å². The van der Waals surface area contributed by atoms with Crippen LogP contribution in [0.1, 0.15) is 11.1 Å². The summed E-state index contributed by atoms with van der Waals surface area (Å²) in [6.07, 6.45) is 0.0212. The van der Waals surface area contributed by atoms with Crippen LogP contribution in [0.3, 0.4) is 0 Å². The number of amides is 3. The van der Waals surface area contributed by atoms with Crippen molar-refractivity contribution in [3.63, 3.8) is 0 Å². The van der Waals surface area contributed by atoms with Gasteiger partial charge in [0, 0.05) is 18.6 Å². The topological polar surface area (TPSA) is 191 Å². The van der Waals surface area contributed by atoms with Crippen LogP contribution in [-0.4, -0.2) is 69.4 Å². The summed E-state index contributed by atoms with van der Waals surface area (Å²) in [5.41, 5.74) is 6.58. The zero-order chi connectivity index (χ0) is 26.0. The number of aromatic hydroxyl groups is 2. The van der Waals surface area contributed by atoms with E-state index in [1.54, 1.807) is 24.3 Å². The predicted octanol–water partition coefficient (Wildman–Crippen LogP) is -0.689. The quantitative estimate of drug-likeness (QED) is 0.174. The Labute approximate surface area is 207 Å². The molecule has 0 fully saturated rings. The first-order chi connectivity index (χ1) is 16.6. The molecule has 188 valence electrons. The van der Waals surface area contributed by atoms with Crippen LogP contribution >= 0.6 is 12.6 Å². The summed E-state index contributed by atoms with van der Waals surface area (Å²) in [7, 11) is 0. The van der Waals surface area contributed by atoms with E-state index in [0.29, 0.717) is 11.1 Å². The Balaban J connectivity index is 2.27. The molecule has 35 heavy (non-hydrogen) atoms. The second-order valence-electron chi connectivity index (χ2n) is 7.71. The van der Waals surface area contributed by atoms with E-state index in [1.807, 2.05) is 0 Å². The minimum Gasteiger partial charge on any atom is -0.508 e. The average Bonchev–Trinajstić information content (AvgIpc) is 2.83. The third-order valence-corrected chi connectivity index (χ3v) is 5.38. The second kappa shape index (κ2) is 13.2. The molecule has 0 spiro atoms. The third-order valence-electron chi connectivity index (χ3n) is 5.02. The van der Waals surface area contributed by atoms with Gasteiger partial charge in [-0.15, -0.1) is 0 Å². The van der Waals surface area contributed by atoms with Crippen molar-refractivity contribution in [1.82, 2.24) is 16.0 Å². The van der Waals surface area contributed by atoms with E-state index in [9.17, 15) is 34.5 Å². The van der Waals surface area contributed by atoms with Gasteiger partial charge in [-0.2, -0.15) is 12.6 Å². The molecule has 0 radical (unpaired) electrons. The lowest BCUT2D eigenvalue weighted by Gasteiger charge is -2.24. The van der Waals surface area contributed by atoms with Gasteiger partial charge < -0.3 is 37.0 Å². The van der Waals surface area contributed by atoms with Crippen LogP contribution in [0.4, 0.5) is 0 Å². The van der Waals surface area contributed by atoms with Crippen LogP contribution < -0.4 is 21.7 Å². The predicted molar refractivity (Wildman–Crippen MR) is 130 cm³/mol. The van der Waals surface area contributed by atoms with Crippen molar-refractivity contribution in [2.24, 2.45) is 5.73 Å². The maximum atomic E-state index is 13.1. The smallest absolute Gasteiger partial charge is 0.327 e. The number of carboxylic acids is 1. The van der Waals surface area contributed by atoms with Crippen molar-refractivity contribution in [1.29, 1.82) is 0 Å². The lowest BCUT2D eigenvalue weighted by Crippen LogP contribution is -2.57. The molecule has 0 saturated heterocycles. The molecule has 3 amide bonds. The number of carbonyl (C=O) groups is 4. The summed E-state index contributed by atoms with van der Waals surface area (Å²) in [5, 5.41) is 35.6. The number of rotatable bonds is 12. The van der Waals surface area contributed by atoms with Gasteiger partial charge in [0.05, 0.1) is 6.54 Å². The fraction of sp³-hybridized carbons (Fsp3) is 0.304. The number of nitrogens with one attached hydrogen (secondary N) is 3. The molecule has 0 aliphatic heterocycles. The van der Waals surface area contributed by atoms with Crippen LogP contribution in [-0.2, 0) is 32.0 Å². The summed E-state index contributed by atoms with van der Waals surface area (Å²) in [5.74, 6) is -3.47. The van der Waals surface area contributed by atoms with Gasteiger partial charge in [-0.3, -0.25) is 14.4 Å². The lowest BCUT2D eigenvalue weighted by atomic mass is 10.0. The van der Waals surface area contributed by atoms with Gasteiger partial charge in [0.15, 0.2) is 0 Å². The third kappa shape index (κ3) is 8.83. The van der Waals surface area contributed by atoms with Crippen LogP contribution in [0.2, 0.25) is 0 Å². The molecule has 3 atom stereocenters. The van der Waals surface area contributed by atoms with Crippen molar-refractivity contribution in [3.05, 3.63) is 59.7 Å². The number of phenolic OH excluding ortho intramolecular Hbond substituents is 2. The van der Waals surface area contributed by atoms with E-state index < -0.39 is 41.8 Å². The Morgan fingerprint density at radius 2 is 1.14 bits per heavy atom. The molecule has 0 bridgehead atoms. The van der Waals surface area contributed by atoms with E-state index >= 15 is 0 Å². The van der Waals surface area contributed by atoms with Crippen molar-refractivity contribution < 1.29 is 34.5 Å². The molecule has 2 aromatic rings. The summed E-state index contributed by atoms with van der Waals surface area (Å²) in [6, 6.07) is 8.36. The molecular formula is C23H28N4O7S. The fourth-order valence-corrected chi connectivity index (χ4v) is 3.38. The Morgan fingerprint density at radius 3 is 1.51 bits per heavy atom. The van der Waals surface area contributed by atoms with Gasteiger partial charge in [-0.05, 0) is 35.4 Å². The number of phenols is 2. The SMILES string of the molecule is NCC(=O)NC(Cc1ccc(O)cc1)C(=O)NC(Cc1ccc(O)cc1)C(=O)NC(CS)C(=O)O. The molecule has 0 aliphatic rings. The molecular weight excluding hydrogens is 476 g/mol. The normalized spacial score (nSPS) is 13.2. The fourth-order valence-electron chi connectivity index (χ4n) is 3.14. The first-order valence-electron chi connectivity index (χ1n) is 10.6. The molecule has 0 saturated carbocycles. The summed E-state index contributed by atoms with van der Waals surface area (Å²) >= 11 is 3.93. The highest BCUT2D eigenvalue weighted by atomic mass is 32.1. The zero-order valence-electron chi connectivity index (χ0n) is 18.7. The van der Waals surface area contributed by atoms with Crippen LogP contribution in [0.15, 0.2) is 48.5 Å². The largest absolute Gasteiger partial charge is 0.508 e. The maximum Gasteiger partial charge on any atom is 0.327 e. The first kappa shape index (κ1) is 27.5. The molecule has 11 nitrogen and oxygen atoms in total. The lowest BCUT2D eigenvalue weighted by molar-refractivity contribution is -0.141. The van der Waals surface area contributed by atoms with E-state index in [1.165, 1.54) is 24.3 Å². The summed E-state index contributed by atoms with van der Waals surface area (Å²) < 4.78 is 0. The molecule has 2 aromatic carbocycles. The highest BCUT2D eigenvalue weighted by Crippen LogP contribution is 2.14. The maximum absolute atomic E-state index is 13.1. The van der Waals surface area contributed by atoms with Crippen LogP contribution in [0, 0.1) is 0 Å². The minimum absolute atomic E-state index is 0.0123. The number of hydrogen-bond acceptors (Lipinski definition) is 8. The van der Waals surface area contributed by atoms with Crippen molar-refractivity contribution in [2.45, 2.75) is 31.0 Å². The number of carbonyl (C=O) groups excluding carboxylic acids is 3. The number of nitrogens with two attached hydrogens (primary N) is 1. The summed E-state index contributed by atoms with van der Waals surface area (Å²) in [6.45, 7) is -0.362. The molecule has 0 aliphatic carbocycles. The van der Waals surface area contributed by atoms with E-state index in [2.05, 4.69) is 28.6 Å². The number of carboxylic acid groups (broad SMARTS) is 1. The second-order valence-corrected chi connectivity index (χ2v) is 8.07. The Bertz CT molecular complexity index is 1030. The Kier molecular flexibility index (Phi) is 10.4. The van der Waals surface area contributed by atoms with Gasteiger partial charge in [-0.25, -0.2) is 4.79 Å². The zero-order valence-corrected chi connectivity index (χ0v) is 19.6.